The SMILES string of the molecule is CSC1=NN2C(=c3ccccc3=N[C@H]2/C(C)=C/c2ccccc2)C(=O)N1. The fourth-order valence-electron chi connectivity index (χ4n) is 3.10. The highest BCUT2D eigenvalue weighted by Crippen LogP contribution is 2.25. The van der Waals surface area contributed by atoms with Crippen molar-refractivity contribution in [3.8, 4) is 0 Å². The number of nitrogens with zero attached hydrogens (tertiary/aromatic N) is 3. The summed E-state index contributed by atoms with van der Waals surface area (Å²) in [5, 5.41) is 11.4. The van der Waals surface area contributed by atoms with Gasteiger partial charge in [0.2, 0.25) is 0 Å². The molecular formula is C20H18N4OS. The van der Waals surface area contributed by atoms with Crippen LogP contribution in [0.2, 0.25) is 0 Å². The van der Waals surface area contributed by atoms with E-state index in [1.54, 1.807) is 5.01 Å². The van der Waals surface area contributed by atoms with Gasteiger partial charge in [0.25, 0.3) is 5.91 Å². The number of carbonyl (C=O) groups excluding carboxylic acids is 1. The van der Waals surface area contributed by atoms with Gasteiger partial charge in [0.05, 0.1) is 5.36 Å². The fraction of sp³-hybridized carbons (Fsp3) is 0.150. The topological polar surface area (TPSA) is 57.1 Å². The van der Waals surface area contributed by atoms with Crippen molar-refractivity contribution in [3.63, 3.8) is 0 Å². The molecule has 0 aliphatic carbocycles. The van der Waals surface area contributed by atoms with Crippen LogP contribution in [-0.4, -0.2) is 28.5 Å². The molecular weight excluding hydrogens is 344 g/mol. The van der Waals surface area contributed by atoms with Gasteiger partial charge >= 0.3 is 0 Å². The second kappa shape index (κ2) is 6.80. The summed E-state index contributed by atoms with van der Waals surface area (Å²) >= 11 is 1.41. The van der Waals surface area contributed by atoms with Gasteiger partial charge in [0.1, 0.15) is 5.70 Å². The van der Waals surface area contributed by atoms with Gasteiger partial charge in [0, 0.05) is 5.22 Å². The van der Waals surface area contributed by atoms with E-state index in [0.29, 0.717) is 10.9 Å². The van der Waals surface area contributed by atoms with E-state index >= 15 is 0 Å². The largest absolute Gasteiger partial charge is 0.298 e. The molecule has 5 nitrogen and oxygen atoms in total. The van der Waals surface area contributed by atoms with E-state index in [2.05, 4.69) is 16.5 Å². The van der Waals surface area contributed by atoms with Crippen molar-refractivity contribution in [1.82, 2.24) is 10.3 Å². The van der Waals surface area contributed by atoms with Crippen molar-refractivity contribution < 1.29 is 4.79 Å². The molecule has 130 valence electrons. The molecule has 0 fully saturated rings. The van der Waals surface area contributed by atoms with Gasteiger partial charge in [-0.1, -0.05) is 66.4 Å². The quantitative estimate of drug-likeness (QED) is 0.888. The van der Waals surface area contributed by atoms with Gasteiger partial charge in [-0.2, -0.15) is 0 Å². The normalized spacial score (nSPS) is 19.2. The highest BCUT2D eigenvalue weighted by Gasteiger charge is 2.33. The standard InChI is InChI=1S/C20H18N4OS/c1-13(12-14-8-4-3-5-9-14)18-21-16-11-7-6-10-15(16)17-19(25)22-20(26-2)23-24(17)18/h3-12,18H,1-2H3,(H,22,23,25)/b13-12+/t18-/m1/s1. The van der Waals surface area contributed by atoms with Gasteiger partial charge in [-0.15, -0.1) is 5.10 Å². The predicted molar refractivity (Wildman–Crippen MR) is 105 cm³/mol. The molecule has 1 N–H and O–H groups in total. The van der Waals surface area contributed by atoms with Crippen molar-refractivity contribution in [2.75, 3.05) is 6.26 Å². The van der Waals surface area contributed by atoms with Crippen LogP contribution in [0.5, 0.6) is 0 Å². The Morgan fingerprint density at radius 1 is 1.15 bits per heavy atom. The van der Waals surface area contributed by atoms with Gasteiger partial charge in [0.15, 0.2) is 11.3 Å². The molecule has 4 rings (SSSR count). The first-order chi connectivity index (χ1) is 12.7. The number of para-hydroxylation sites is 1. The average molecular weight is 362 g/mol. The second-order valence-electron chi connectivity index (χ2n) is 6.08. The number of fused-ring (bicyclic) bond motifs is 2. The Bertz CT molecular complexity index is 1040. The Labute approximate surface area is 155 Å². The molecule has 2 heterocycles. The average Bonchev–Trinajstić information content (AvgIpc) is 2.67. The van der Waals surface area contributed by atoms with E-state index in [-0.39, 0.29) is 12.1 Å². The lowest BCUT2D eigenvalue weighted by Gasteiger charge is -2.34. The van der Waals surface area contributed by atoms with E-state index < -0.39 is 0 Å². The van der Waals surface area contributed by atoms with Gasteiger partial charge in [-0.05, 0) is 30.4 Å². The van der Waals surface area contributed by atoms with Crippen LogP contribution in [0.15, 0.2) is 70.3 Å². The molecule has 0 unspecified atom stereocenters. The molecule has 0 aromatic heterocycles. The maximum absolute atomic E-state index is 12.7. The number of amidine groups is 1. The lowest BCUT2D eigenvalue weighted by Crippen LogP contribution is -2.52. The van der Waals surface area contributed by atoms with E-state index in [1.165, 1.54) is 11.8 Å². The van der Waals surface area contributed by atoms with Crippen LogP contribution >= 0.6 is 11.8 Å². The minimum absolute atomic E-state index is 0.149. The lowest BCUT2D eigenvalue weighted by atomic mass is 10.1. The van der Waals surface area contributed by atoms with Crippen molar-refractivity contribution in [2.24, 2.45) is 10.1 Å². The van der Waals surface area contributed by atoms with Crippen LogP contribution in [0.3, 0.4) is 0 Å². The molecule has 2 aromatic rings. The van der Waals surface area contributed by atoms with Crippen LogP contribution in [0, 0.1) is 0 Å². The zero-order valence-electron chi connectivity index (χ0n) is 14.5. The third-order valence-electron chi connectivity index (χ3n) is 4.31. The first-order valence-electron chi connectivity index (χ1n) is 8.31. The summed E-state index contributed by atoms with van der Waals surface area (Å²) < 4.78 is 0. The molecule has 1 amide bonds. The van der Waals surface area contributed by atoms with Gasteiger partial charge in [-0.3, -0.25) is 15.1 Å². The monoisotopic (exact) mass is 362 g/mol. The molecule has 2 aromatic carbocycles. The number of thioether (sulfide) groups is 1. The number of carbonyl (C=O) groups is 1. The lowest BCUT2D eigenvalue weighted by molar-refractivity contribution is -0.116. The maximum Gasteiger partial charge on any atom is 0.276 e. The Hall–Kier alpha value is -2.86. The Morgan fingerprint density at radius 2 is 1.88 bits per heavy atom. The van der Waals surface area contributed by atoms with Gasteiger partial charge in [-0.25, -0.2) is 5.01 Å². The summed E-state index contributed by atoms with van der Waals surface area (Å²) in [5.74, 6) is -0.149. The van der Waals surface area contributed by atoms with Crippen LogP contribution in [-0.2, 0) is 4.79 Å². The molecule has 2 aliphatic heterocycles. The van der Waals surface area contributed by atoms with Crippen molar-refractivity contribution in [1.29, 1.82) is 0 Å². The van der Waals surface area contributed by atoms with Crippen LogP contribution in [0.4, 0.5) is 0 Å². The maximum atomic E-state index is 12.7. The van der Waals surface area contributed by atoms with Crippen LogP contribution < -0.4 is 15.9 Å². The van der Waals surface area contributed by atoms with E-state index in [1.807, 2.05) is 67.8 Å². The molecule has 0 spiro atoms. The summed E-state index contributed by atoms with van der Waals surface area (Å²) in [7, 11) is 0. The summed E-state index contributed by atoms with van der Waals surface area (Å²) in [6, 6.07) is 17.8. The number of hydrogen-bond donors (Lipinski definition) is 1. The summed E-state index contributed by atoms with van der Waals surface area (Å²) in [5.41, 5.74) is 2.65. The van der Waals surface area contributed by atoms with Crippen LogP contribution in [0.25, 0.3) is 11.8 Å². The Kier molecular flexibility index (Phi) is 4.34. The van der Waals surface area contributed by atoms with Crippen molar-refractivity contribution in [3.05, 3.63) is 76.3 Å². The zero-order valence-corrected chi connectivity index (χ0v) is 15.3. The number of amides is 1. The second-order valence-corrected chi connectivity index (χ2v) is 6.87. The number of benzene rings is 2. The number of rotatable bonds is 2. The zero-order chi connectivity index (χ0) is 18.1. The highest BCUT2D eigenvalue weighted by molar-refractivity contribution is 8.13. The minimum atomic E-state index is -0.353. The van der Waals surface area contributed by atoms with Crippen LogP contribution in [0.1, 0.15) is 12.5 Å². The molecule has 6 heteroatoms. The van der Waals surface area contributed by atoms with E-state index in [4.69, 9.17) is 4.99 Å². The highest BCUT2D eigenvalue weighted by atomic mass is 32.2. The molecule has 26 heavy (non-hydrogen) atoms. The minimum Gasteiger partial charge on any atom is -0.298 e. The van der Waals surface area contributed by atoms with Crippen molar-refractivity contribution >= 4 is 34.6 Å². The first kappa shape index (κ1) is 16.6. The summed E-state index contributed by atoms with van der Waals surface area (Å²) in [6.07, 6.45) is 3.62. The molecule has 1 atom stereocenters. The third kappa shape index (κ3) is 2.93. The Balaban J connectivity index is 1.89. The Morgan fingerprint density at radius 3 is 2.65 bits per heavy atom. The first-order valence-corrected chi connectivity index (χ1v) is 9.53. The third-order valence-corrected chi connectivity index (χ3v) is 4.88. The number of hydrogen-bond acceptors (Lipinski definition) is 5. The number of nitrogens with one attached hydrogen (secondary N) is 1. The fourth-order valence-corrected chi connectivity index (χ4v) is 3.47. The molecule has 2 aliphatic rings. The smallest absolute Gasteiger partial charge is 0.276 e. The van der Waals surface area contributed by atoms with E-state index in [9.17, 15) is 4.79 Å². The van der Waals surface area contributed by atoms with Crippen molar-refractivity contribution in [2.45, 2.75) is 13.1 Å². The van der Waals surface area contributed by atoms with Gasteiger partial charge < -0.3 is 0 Å². The summed E-state index contributed by atoms with van der Waals surface area (Å²) in [4.78, 5) is 17.6. The predicted octanol–water partition coefficient (Wildman–Crippen LogP) is 1.92. The molecule has 0 bridgehead atoms. The van der Waals surface area contributed by atoms with E-state index in [0.717, 1.165) is 21.7 Å². The molecule has 0 saturated heterocycles. The molecule has 0 saturated carbocycles. The number of hydrazone groups is 1. The summed E-state index contributed by atoms with van der Waals surface area (Å²) in [6.45, 7) is 2.02. The molecule has 0 radical (unpaired) electrons.